The van der Waals surface area contributed by atoms with Gasteiger partial charge in [-0.1, -0.05) is 18.9 Å². The fourth-order valence-corrected chi connectivity index (χ4v) is 5.41. The maximum absolute atomic E-state index is 5.35. The van der Waals surface area contributed by atoms with Gasteiger partial charge in [0.2, 0.25) is 0 Å². The van der Waals surface area contributed by atoms with Crippen LogP contribution in [0.5, 0.6) is 0 Å². The molecule has 2 heterocycles. The van der Waals surface area contributed by atoms with Crippen LogP contribution in [0.3, 0.4) is 0 Å². The first-order chi connectivity index (χ1) is 13.7. The Balaban J connectivity index is 1.36. The average molecular weight is 407 g/mol. The number of nitrogens with one attached hydrogen (secondary N) is 2. The summed E-state index contributed by atoms with van der Waals surface area (Å²) in [6.45, 7) is 6.42. The number of ether oxygens (including phenoxy) is 1. The van der Waals surface area contributed by atoms with E-state index in [-0.39, 0.29) is 0 Å². The van der Waals surface area contributed by atoms with Crippen molar-refractivity contribution < 1.29 is 4.74 Å². The zero-order valence-corrected chi connectivity index (χ0v) is 18.5. The maximum Gasteiger partial charge on any atom is 0.191 e. The number of aliphatic imine (C=N–C) groups is 1. The molecule has 0 bridgehead atoms. The fraction of sp³-hybridized carbons (Fsp3) is 0.773. The lowest BCUT2D eigenvalue weighted by molar-refractivity contribution is 0.138. The van der Waals surface area contributed by atoms with Crippen LogP contribution in [0.25, 0.3) is 0 Å². The van der Waals surface area contributed by atoms with Crippen molar-refractivity contribution in [1.29, 1.82) is 0 Å². The molecule has 1 saturated heterocycles. The molecule has 1 aliphatic carbocycles. The molecule has 158 valence electrons. The summed E-state index contributed by atoms with van der Waals surface area (Å²) in [7, 11) is 3.69. The van der Waals surface area contributed by atoms with E-state index in [2.05, 4.69) is 38.0 Å². The van der Waals surface area contributed by atoms with E-state index in [9.17, 15) is 0 Å². The minimum atomic E-state index is 0.390. The van der Waals surface area contributed by atoms with Gasteiger partial charge in [0.25, 0.3) is 0 Å². The van der Waals surface area contributed by atoms with Gasteiger partial charge in [-0.15, -0.1) is 11.3 Å². The minimum Gasteiger partial charge on any atom is -0.385 e. The number of nitrogens with zero attached hydrogens (tertiary/aromatic N) is 2. The molecular formula is C22H38N4OS. The van der Waals surface area contributed by atoms with E-state index < -0.39 is 0 Å². The number of guanidine groups is 1. The molecule has 5 nitrogen and oxygen atoms in total. The summed E-state index contributed by atoms with van der Waals surface area (Å²) in [6.07, 6.45) is 9.01. The van der Waals surface area contributed by atoms with Crippen LogP contribution in [0.15, 0.2) is 22.5 Å². The predicted molar refractivity (Wildman–Crippen MR) is 119 cm³/mol. The molecule has 1 aromatic heterocycles. The van der Waals surface area contributed by atoms with Crippen molar-refractivity contribution in [3.63, 3.8) is 0 Å². The Labute approximate surface area is 174 Å². The zero-order valence-electron chi connectivity index (χ0n) is 17.7. The van der Waals surface area contributed by atoms with Gasteiger partial charge >= 0.3 is 0 Å². The second-order valence-electron chi connectivity index (χ2n) is 8.56. The van der Waals surface area contributed by atoms with Gasteiger partial charge in [0.15, 0.2) is 5.96 Å². The Morgan fingerprint density at radius 2 is 2.07 bits per heavy atom. The second kappa shape index (κ2) is 11.2. The summed E-state index contributed by atoms with van der Waals surface area (Å²) in [5.41, 5.74) is 0.390. The highest BCUT2D eigenvalue weighted by molar-refractivity contribution is 7.09. The molecule has 3 rings (SSSR count). The van der Waals surface area contributed by atoms with Crippen LogP contribution in [-0.2, 0) is 11.3 Å². The summed E-state index contributed by atoms with van der Waals surface area (Å²) in [5.74, 6) is 1.71. The van der Waals surface area contributed by atoms with E-state index in [1.54, 1.807) is 0 Å². The Hall–Kier alpha value is -1.11. The molecule has 1 aliphatic heterocycles. The van der Waals surface area contributed by atoms with Crippen LogP contribution in [0.2, 0.25) is 0 Å². The number of hydrogen-bond donors (Lipinski definition) is 2. The number of thiophene rings is 1. The van der Waals surface area contributed by atoms with E-state index in [0.717, 1.165) is 44.5 Å². The van der Waals surface area contributed by atoms with E-state index in [0.29, 0.717) is 5.41 Å². The number of piperidine rings is 1. The van der Waals surface area contributed by atoms with Crippen LogP contribution in [0.4, 0.5) is 0 Å². The van der Waals surface area contributed by atoms with Crippen molar-refractivity contribution in [2.24, 2.45) is 16.3 Å². The van der Waals surface area contributed by atoms with Crippen LogP contribution in [0.1, 0.15) is 49.8 Å². The van der Waals surface area contributed by atoms with Gasteiger partial charge in [-0.2, -0.15) is 0 Å². The third kappa shape index (κ3) is 6.46. The molecule has 6 heteroatoms. The molecule has 2 fully saturated rings. The zero-order chi connectivity index (χ0) is 19.7. The standard InChI is InChI=1S/C22H38N4OS/c1-23-21(25-18-22(11-14-27-2)9-3-4-10-22)24-16-19-7-12-26(13-8-19)17-20-6-5-15-28-20/h5-6,15,19H,3-4,7-14,16-18H2,1-2H3,(H2,23,24,25). The fourth-order valence-electron chi connectivity index (χ4n) is 4.66. The molecule has 0 spiro atoms. The van der Waals surface area contributed by atoms with Crippen LogP contribution in [-0.4, -0.2) is 57.8 Å². The molecule has 2 N–H and O–H groups in total. The summed E-state index contributed by atoms with van der Waals surface area (Å²) in [6, 6.07) is 4.40. The predicted octanol–water partition coefficient (Wildman–Crippen LogP) is 3.72. The van der Waals surface area contributed by atoms with Gasteiger partial charge in [0.05, 0.1) is 0 Å². The van der Waals surface area contributed by atoms with E-state index in [1.165, 1.54) is 56.5 Å². The van der Waals surface area contributed by atoms with E-state index in [1.807, 2.05) is 25.5 Å². The van der Waals surface area contributed by atoms with Crippen LogP contribution < -0.4 is 10.6 Å². The molecule has 0 aromatic carbocycles. The first kappa shape index (κ1) is 21.6. The van der Waals surface area contributed by atoms with E-state index in [4.69, 9.17) is 4.74 Å². The number of rotatable bonds is 9. The van der Waals surface area contributed by atoms with Gasteiger partial charge in [-0.25, -0.2) is 0 Å². The Bertz CT molecular complexity index is 575. The monoisotopic (exact) mass is 406 g/mol. The Morgan fingerprint density at radius 1 is 1.29 bits per heavy atom. The smallest absolute Gasteiger partial charge is 0.191 e. The van der Waals surface area contributed by atoms with Gasteiger partial charge in [-0.05, 0) is 68.0 Å². The second-order valence-corrected chi connectivity index (χ2v) is 9.59. The van der Waals surface area contributed by atoms with Crippen molar-refractivity contribution in [3.8, 4) is 0 Å². The third-order valence-corrected chi connectivity index (χ3v) is 7.44. The highest BCUT2D eigenvalue weighted by Gasteiger charge is 2.33. The first-order valence-electron chi connectivity index (χ1n) is 10.9. The molecule has 1 aromatic rings. The molecule has 0 amide bonds. The molecule has 28 heavy (non-hydrogen) atoms. The van der Waals surface area contributed by atoms with Crippen LogP contribution >= 0.6 is 11.3 Å². The Kier molecular flexibility index (Phi) is 8.62. The van der Waals surface area contributed by atoms with Crippen molar-refractivity contribution >= 4 is 17.3 Å². The van der Waals surface area contributed by atoms with Gasteiger partial charge in [0, 0.05) is 45.3 Å². The van der Waals surface area contributed by atoms with E-state index >= 15 is 0 Å². The summed E-state index contributed by atoms with van der Waals surface area (Å²) >= 11 is 1.87. The van der Waals surface area contributed by atoms with Gasteiger partial charge < -0.3 is 15.4 Å². The summed E-state index contributed by atoms with van der Waals surface area (Å²) in [5, 5.41) is 9.38. The third-order valence-electron chi connectivity index (χ3n) is 6.58. The molecule has 2 aliphatic rings. The molecule has 0 atom stereocenters. The van der Waals surface area contributed by atoms with Crippen LogP contribution in [0, 0.1) is 11.3 Å². The molecule has 1 saturated carbocycles. The lowest BCUT2D eigenvalue weighted by Gasteiger charge is -2.32. The minimum absolute atomic E-state index is 0.390. The normalized spacial score (nSPS) is 21.1. The molecule has 0 radical (unpaired) electrons. The highest BCUT2D eigenvalue weighted by Crippen LogP contribution is 2.40. The summed E-state index contributed by atoms with van der Waals surface area (Å²) < 4.78 is 5.35. The largest absolute Gasteiger partial charge is 0.385 e. The maximum atomic E-state index is 5.35. The van der Waals surface area contributed by atoms with Gasteiger partial charge in [0.1, 0.15) is 0 Å². The molecular weight excluding hydrogens is 368 g/mol. The average Bonchev–Trinajstić information content (AvgIpc) is 3.40. The van der Waals surface area contributed by atoms with Crippen molar-refractivity contribution in [2.75, 3.05) is 46.9 Å². The number of hydrogen-bond acceptors (Lipinski definition) is 4. The Morgan fingerprint density at radius 3 is 2.71 bits per heavy atom. The van der Waals surface area contributed by atoms with Crippen molar-refractivity contribution in [1.82, 2.24) is 15.5 Å². The van der Waals surface area contributed by atoms with Crippen molar-refractivity contribution in [3.05, 3.63) is 22.4 Å². The van der Waals surface area contributed by atoms with Crippen molar-refractivity contribution in [2.45, 2.75) is 51.5 Å². The summed E-state index contributed by atoms with van der Waals surface area (Å²) in [4.78, 5) is 8.54. The number of likely N-dealkylation sites (tertiary alicyclic amines) is 1. The lowest BCUT2D eigenvalue weighted by atomic mass is 9.83. The first-order valence-corrected chi connectivity index (χ1v) is 11.8. The SMILES string of the molecule is CN=C(NCC1CCN(Cc2cccs2)CC1)NCC1(CCOC)CCCC1. The van der Waals surface area contributed by atoms with Gasteiger partial charge in [-0.3, -0.25) is 9.89 Å². The molecule has 0 unspecified atom stereocenters. The number of methoxy groups -OCH3 is 1. The topological polar surface area (TPSA) is 48.9 Å². The lowest BCUT2D eigenvalue weighted by Crippen LogP contribution is -2.46. The highest BCUT2D eigenvalue weighted by atomic mass is 32.1. The quantitative estimate of drug-likeness (QED) is 0.485.